The van der Waals surface area contributed by atoms with Gasteiger partial charge in [0.15, 0.2) is 8.32 Å². The molecule has 1 saturated carbocycles. The lowest BCUT2D eigenvalue weighted by atomic mass is 10.2. The number of hydrogen-bond acceptors (Lipinski definition) is 4. The van der Waals surface area contributed by atoms with E-state index in [1.54, 1.807) is 0 Å². The third-order valence-electron chi connectivity index (χ3n) is 4.40. The molecule has 1 aliphatic carbocycles. The molecular weight excluding hydrogens is 274 g/mol. The smallest absolute Gasteiger partial charge is 0.309 e. The number of esters is 1. The second kappa shape index (κ2) is 6.16. The summed E-state index contributed by atoms with van der Waals surface area (Å²) in [6.45, 7) is 11.1. The van der Waals surface area contributed by atoms with Gasteiger partial charge in [-0.3, -0.25) is 4.79 Å². The minimum Gasteiger partial charge on any atom is -0.469 e. The molecular formula is C13H25N3O3Si. The van der Waals surface area contributed by atoms with Gasteiger partial charge in [0.1, 0.15) is 0 Å². The second-order valence-corrected chi connectivity index (χ2v) is 11.6. The van der Waals surface area contributed by atoms with Gasteiger partial charge in [-0.25, -0.2) is 0 Å². The molecule has 0 unspecified atom stereocenters. The largest absolute Gasteiger partial charge is 0.469 e. The molecule has 0 heterocycles. The molecule has 0 saturated heterocycles. The van der Waals surface area contributed by atoms with Gasteiger partial charge < -0.3 is 9.16 Å². The number of carbonyl (C=O) groups excluding carboxylic acids is 1. The third kappa shape index (κ3) is 3.98. The van der Waals surface area contributed by atoms with Crippen LogP contribution >= 0.6 is 0 Å². The van der Waals surface area contributed by atoms with Crippen molar-refractivity contribution in [2.75, 3.05) is 13.7 Å². The summed E-state index contributed by atoms with van der Waals surface area (Å²) in [5, 5.41) is 3.73. The lowest BCUT2D eigenvalue weighted by molar-refractivity contribution is -0.142. The fourth-order valence-electron chi connectivity index (χ4n) is 1.98. The lowest BCUT2D eigenvalue weighted by Crippen LogP contribution is -2.45. The zero-order chi connectivity index (χ0) is 15.6. The first-order valence-corrected chi connectivity index (χ1v) is 9.81. The summed E-state index contributed by atoms with van der Waals surface area (Å²) in [7, 11) is -0.553. The monoisotopic (exact) mass is 299 g/mol. The molecule has 114 valence electrons. The number of hydrogen-bond donors (Lipinski definition) is 0. The molecule has 0 radical (unpaired) electrons. The van der Waals surface area contributed by atoms with Crippen LogP contribution in [0.25, 0.3) is 10.4 Å². The molecule has 7 heteroatoms. The fourth-order valence-corrected chi connectivity index (χ4v) is 3.34. The zero-order valence-corrected chi connectivity index (χ0v) is 14.2. The SMILES string of the molecule is COC(=O)[C@@H]1C[C@@H]1[C@H](CN=[N+]=[N-])O[Si](C)(C)C(C)(C)C. The Morgan fingerprint density at radius 1 is 1.50 bits per heavy atom. The number of methoxy groups -OCH3 is 1. The summed E-state index contributed by atoms with van der Waals surface area (Å²) in [5.41, 5.74) is 8.52. The van der Waals surface area contributed by atoms with Gasteiger partial charge in [-0.1, -0.05) is 25.9 Å². The van der Waals surface area contributed by atoms with E-state index in [2.05, 4.69) is 43.9 Å². The van der Waals surface area contributed by atoms with Crippen molar-refractivity contribution >= 4 is 14.3 Å². The Morgan fingerprint density at radius 2 is 2.10 bits per heavy atom. The Kier molecular flexibility index (Phi) is 5.24. The Hall–Kier alpha value is -1.04. The third-order valence-corrected chi connectivity index (χ3v) is 8.90. The van der Waals surface area contributed by atoms with Crippen LogP contribution in [0.15, 0.2) is 5.11 Å². The highest BCUT2D eigenvalue weighted by atomic mass is 28.4. The molecule has 0 aromatic heterocycles. The quantitative estimate of drug-likeness (QED) is 0.247. The van der Waals surface area contributed by atoms with Crippen LogP contribution in [0.4, 0.5) is 0 Å². The predicted molar refractivity (Wildman–Crippen MR) is 79.7 cm³/mol. The molecule has 0 aliphatic heterocycles. The molecule has 6 nitrogen and oxygen atoms in total. The molecule has 3 atom stereocenters. The van der Waals surface area contributed by atoms with Crippen molar-refractivity contribution in [1.29, 1.82) is 0 Å². The minimum atomic E-state index is -1.95. The van der Waals surface area contributed by atoms with Crippen LogP contribution in [0.5, 0.6) is 0 Å². The number of rotatable bonds is 6. The first kappa shape index (κ1) is 17.0. The van der Waals surface area contributed by atoms with Crippen molar-refractivity contribution in [3.05, 3.63) is 10.4 Å². The molecule has 0 aromatic rings. The van der Waals surface area contributed by atoms with Crippen molar-refractivity contribution in [2.24, 2.45) is 17.0 Å². The Bertz CT molecular complexity index is 414. The maximum absolute atomic E-state index is 11.6. The fraction of sp³-hybridized carbons (Fsp3) is 0.923. The predicted octanol–water partition coefficient (Wildman–Crippen LogP) is 3.50. The lowest BCUT2D eigenvalue weighted by Gasteiger charge is -2.39. The van der Waals surface area contributed by atoms with Crippen LogP contribution in [0, 0.1) is 11.8 Å². The van der Waals surface area contributed by atoms with Gasteiger partial charge in [0.25, 0.3) is 0 Å². The van der Waals surface area contributed by atoms with E-state index in [9.17, 15) is 4.79 Å². The molecule has 20 heavy (non-hydrogen) atoms. The van der Waals surface area contributed by atoms with E-state index in [-0.39, 0.29) is 35.5 Å². The van der Waals surface area contributed by atoms with Crippen molar-refractivity contribution < 1.29 is 14.0 Å². The van der Waals surface area contributed by atoms with Crippen LogP contribution in [-0.2, 0) is 14.0 Å². The average Bonchev–Trinajstić information content (AvgIpc) is 3.12. The van der Waals surface area contributed by atoms with Gasteiger partial charge in [0.2, 0.25) is 0 Å². The van der Waals surface area contributed by atoms with Gasteiger partial charge in [-0.15, -0.1) is 0 Å². The average molecular weight is 299 g/mol. The van der Waals surface area contributed by atoms with Crippen LogP contribution in [-0.4, -0.2) is 34.0 Å². The van der Waals surface area contributed by atoms with Gasteiger partial charge in [0, 0.05) is 4.91 Å². The van der Waals surface area contributed by atoms with Crippen molar-refractivity contribution in [1.82, 2.24) is 0 Å². The van der Waals surface area contributed by atoms with E-state index in [1.165, 1.54) is 7.11 Å². The standard InChI is InChI=1S/C13H25N3O3Si/c1-13(2,3)20(5,6)19-11(8-15-16-14)9-7-10(9)12(17)18-4/h9-11H,7-8H2,1-6H3/t9-,10+,11-/m0/s1. The molecule has 1 rings (SSSR count). The highest BCUT2D eigenvalue weighted by molar-refractivity contribution is 6.74. The van der Waals surface area contributed by atoms with Gasteiger partial charge in [-0.05, 0) is 36.0 Å². The minimum absolute atomic E-state index is 0.0806. The van der Waals surface area contributed by atoms with Gasteiger partial charge in [-0.2, -0.15) is 0 Å². The highest BCUT2D eigenvalue weighted by Crippen LogP contribution is 2.46. The normalized spacial score (nSPS) is 23.7. The Balaban J connectivity index is 2.77. The molecule has 0 spiro atoms. The van der Waals surface area contributed by atoms with Crippen LogP contribution in [0.3, 0.4) is 0 Å². The maximum Gasteiger partial charge on any atom is 0.309 e. The molecule has 0 aromatic carbocycles. The molecule has 0 N–H and O–H groups in total. The van der Waals surface area contributed by atoms with E-state index in [0.29, 0.717) is 0 Å². The summed E-state index contributed by atoms with van der Waals surface area (Å²) < 4.78 is 11.1. The van der Waals surface area contributed by atoms with E-state index >= 15 is 0 Å². The summed E-state index contributed by atoms with van der Waals surface area (Å²) in [6, 6.07) is 0. The van der Waals surface area contributed by atoms with Crippen molar-refractivity contribution in [3.8, 4) is 0 Å². The van der Waals surface area contributed by atoms with Crippen molar-refractivity contribution in [2.45, 2.75) is 51.4 Å². The van der Waals surface area contributed by atoms with E-state index in [1.807, 2.05) is 0 Å². The topological polar surface area (TPSA) is 84.3 Å². The van der Waals surface area contributed by atoms with Gasteiger partial charge in [0.05, 0.1) is 25.7 Å². The Morgan fingerprint density at radius 3 is 2.55 bits per heavy atom. The molecule has 0 bridgehead atoms. The highest BCUT2D eigenvalue weighted by Gasteiger charge is 2.51. The molecule has 1 aliphatic rings. The summed E-state index contributed by atoms with van der Waals surface area (Å²) in [4.78, 5) is 14.4. The summed E-state index contributed by atoms with van der Waals surface area (Å²) >= 11 is 0. The number of carbonyl (C=O) groups is 1. The van der Waals surface area contributed by atoms with Crippen LogP contribution in [0.1, 0.15) is 27.2 Å². The zero-order valence-electron chi connectivity index (χ0n) is 13.2. The van der Waals surface area contributed by atoms with Crippen molar-refractivity contribution in [3.63, 3.8) is 0 Å². The number of nitrogens with zero attached hydrogens (tertiary/aromatic N) is 3. The van der Waals surface area contributed by atoms with E-state index in [4.69, 9.17) is 14.7 Å². The van der Waals surface area contributed by atoms with Crippen LogP contribution < -0.4 is 0 Å². The van der Waals surface area contributed by atoms with E-state index in [0.717, 1.165) is 6.42 Å². The van der Waals surface area contributed by atoms with Crippen LogP contribution in [0.2, 0.25) is 18.1 Å². The van der Waals surface area contributed by atoms with Gasteiger partial charge >= 0.3 is 5.97 Å². The maximum atomic E-state index is 11.6. The molecule has 0 amide bonds. The summed E-state index contributed by atoms with van der Waals surface area (Å²) in [6.07, 6.45) is 0.572. The van der Waals surface area contributed by atoms with E-state index < -0.39 is 8.32 Å². The first-order chi connectivity index (χ1) is 9.14. The summed E-state index contributed by atoms with van der Waals surface area (Å²) in [5.74, 6) is -0.189. The second-order valence-electron chi connectivity index (χ2n) is 6.86. The first-order valence-electron chi connectivity index (χ1n) is 6.90. The number of ether oxygens (including phenoxy) is 1. The Labute approximate surface area is 121 Å². The molecule has 1 fully saturated rings. The number of azide groups is 1.